The number of carbonyl (C=O) groups excluding carboxylic acids is 2. The summed E-state index contributed by atoms with van der Waals surface area (Å²) in [5.41, 5.74) is 1.81. The van der Waals surface area contributed by atoms with Crippen molar-refractivity contribution >= 4 is 17.5 Å². The summed E-state index contributed by atoms with van der Waals surface area (Å²) in [5.74, 6) is -2.02. The van der Waals surface area contributed by atoms with Gasteiger partial charge in [-0.2, -0.15) is 0 Å². The van der Waals surface area contributed by atoms with Crippen LogP contribution in [0.2, 0.25) is 0 Å². The number of imidazole rings is 1. The minimum Gasteiger partial charge on any atom is -0.340 e. The molecule has 4 heterocycles. The van der Waals surface area contributed by atoms with E-state index in [2.05, 4.69) is 9.88 Å². The van der Waals surface area contributed by atoms with E-state index in [0.29, 0.717) is 39.0 Å². The van der Waals surface area contributed by atoms with Crippen molar-refractivity contribution in [3.05, 3.63) is 71.7 Å². The van der Waals surface area contributed by atoms with Crippen LogP contribution in [-0.4, -0.2) is 75.2 Å². The molecular weight excluding hydrogens is 440 g/mol. The number of benzene rings is 1. The standard InChI is InChI=1S/C25H27F2N5O2/c26-19-4-5-21(22(27)15-19)25(34)30-9-6-18(7-10-30)24(33)31-13-11-29(12-14-31)16-20-17-32-8-2-1-3-23(32)28-20/h1-5,8,15,17-18H,6-7,9-14,16H2. The lowest BCUT2D eigenvalue weighted by molar-refractivity contribution is -0.138. The van der Waals surface area contributed by atoms with Gasteiger partial charge < -0.3 is 14.2 Å². The smallest absolute Gasteiger partial charge is 0.256 e. The van der Waals surface area contributed by atoms with Gasteiger partial charge in [0.25, 0.3) is 5.91 Å². The molecule has 7 nitrogen and oxygen atoms in total. The number of rotatable bonds is 4. The Balaban J connectivity index is 1.10. The monoisotopic (exact) mass is 467 g/mol. The zero-order valence-corrected chi connectivity index (χ0v) is 18.9. The molecule has 0 atom stereocenters. The van der Waals surface area contributed by atoms with Crippen LogP contribution in [0.1, 0.15) is 28.9 Å². The first-order chi connectivity index (χ1) is 16.5. The zero-order valence-electron chi connectivity index (χ0n) is 18.9. The Bertz CT molecular complexity index is 1160. The lowest BCUT2D eigenvalue weighted by atomic mass is 9.94. The van der Waals surface area contributed by atoms with Crippen LogP contribution in [0.15, 0.2) is 48.8 Å². The third kappa shape index (κ3) is 4.65. The molecule has 9 heteroatoms. The minimum absolute atomic E-state index is 0.132. The summed E-state index contributed by atoms with van der Waals surface area (Å²) in [7, 11) is 0. The summed E-state index contributed by atoms with van der Waals surface area (Å²) < 4.78 is 29.1. The molecule has 2 aromatic heterocycles. The van der Waals surface area contributed by atoms with Gasteiger partial charge in [0, 0.05) is 70.2 Å². The lowest BCUT2D eigenvalue weighted by Crippen LogP contribution is -2.51. The summed E-state index contributed by atoms with van der Waals surface area (Å²) in [6.07, 6.45) is 5.13. The van der Waals surface area contributed by atoms with Crippen molar-refractivity contribution in [1.29, 1.82) is 0 Å². The van der Waals surface area contributed by atoms with E-state index < -0.39 is 17.5 Å². The molecule has 0 saturated carbocycles. The molecule has 2 aliphatic rings. The van der Waals surface area contributed by atoms with E-state index in [4.69, 9.17) is 0 Å². The fraction of sp³-hybridized carbons (Fsp3) is 0.400. The van der Waals surface area contributed by atoms with E-state index in [0.717, 1.165) is 43.1 Å². The molecule has 0 N–H and O–H groups in total. The first-order valence-corrected chi connectivity index (χ1v) is 11.7. The van der Waals surface area contributed by atoms with E-state index in [1.165, 1.54) is 6.07 Å². The minimum atomic E-state index is -0.857. The maximum absolute atomic E-state index is 14.0. The highest BCUT2D eigenvalue weighted by Crippen LogP contribution is 2.23. The summed E-state index contributed by atoms with van der Waals surface area (Å²) >= 11 is 0. The number of pyridine rings is 1. The number of halogens is 2. The molecule has 2 fully saturated rings. The van der Waals surface area contributed by atoms with Crippen molar-refractivity contribution in [1.82, 2.24) is 24.1 Å². The number of fused-ring (bicyclic) bond motifs is 1. The van der Waals surface area contributed by atoms with E-state index in [-0.39, 0.29) is 17.4 Å². The predicted octanol–water partition coefficient (Wildman–Crippen LogP) is 2.81. The Morgan fingerprint density at radius 1 is 0.941 bits per heavy atom. The van der Waals surface area contributed by atoms with Gasteiger partial charge in [-0.05, 0) is 37.1 Å². The van der Waals surface area contributed by atoms with E-state index >= 15 is 0 Å². The average Bonchev–Trinajstić information content (AvgIpc) is 3.26. The van der Waals surface area contributed by atoms with Gasteiger partial charge in [0.2, 0.25) is 5.91 Å². The number of hydrogen-bond acceptors (Lipinski definition) is 4. The summed E-state index contributed by atoms with van der Waals surface area (Å²) in [4.78, 5) is 36.1. The van der Waals surface area contributed by atoms with Crippen molar-refractivity contribution in [3.63, 3.8) is 0 Å². The third-order valence-electron chi connectivity index (χ3n) is 6.78. The highest BCUT2D eigenvalue weighted by molar-refractivity contribution is 5.94. The van der Waals surface area contributed by atoms with E-state index in [9.17, 15) is 18.4 Å². The van der Waals surface area contributed by atoms with Gasteiger partial charge in [0.1, 0.15) is 17.3 Å². The maximum Gasteiger partial charge on any atom is 0.256 e. The van der Waals surface area contributed by atoms with Crippen molar-refractivity contribution in [2.45, 2.75) is 19.4 Å². The topological polar surface area (TPSA) is 61.2 Å². The van der Waals surface area contributed by atoms with Crippen LogP contribution < -0.4 is 0 Å². The largest absolute Gasteiger partial charge is 0.340 e. The highest BCUT2D eigenvalue weighted by atomic mass is 19.1. The number of aromatic nitrogens is 2. The molecule has 0 spiro atoms. The number of piperidine rings is 1. The van der Waals surface area contributed by atoms with Gasteiger partial charge in [-0.25, -0.2) is 13.8 Å². The number of nitrogens with zero attached hydrogens (tertiary/aromatic N) is 5. The summed E-state index contributed by atoms with van der Waals surface area (Å²) in [6.45, 7) is 4.46. The third-order valence-corrected chi connectivity index (χ3v) is 6.78. The van der Waals surface area contributed by atoms with Crippen molar-refractivity contribution in [2.24, 2.45) is 5.92 Å². The highest BCUT2D eigenvalue weighted by Gasteiger charge is 2.32. The van der Waals surface area contributed by atoms with Crippen LogP contribution in [-0.2, 0) is 11.3 Å². The molecule has 0 unspecified atom stereocenters. The number of carbonyl (C=O) groups is 2. The second-order valence-electron chi connectivity index (χ2n) is 8.99. The average molecular weight is 468 g/mol. The number of piperazine rings is 1. The van der Waals surface area contributed by atoms with E-state index in [1.54, 1.807) is 4.90 Å². The molecular formula is C25H27F2N5O2. The quantitative estimate of drug-likeness (QED) is 0.592. The number of hydrogen-bond donors (Lipinski definition) is 0. The normalized spacial score (nSPS) is 17.9. The van der Waals surface area contributed by atoms with Gasteiger partial charge in [-0.15, -0.1) is 0 Å². The Hall–Kier alpha value is -3.33. The van der Waals surface area contributed by atoms with Crippen molar-refractivity contribution < 1.29 is 18.4 Å². The van der Waals surface area contributed by atoms with Crippen LogP contribution in [0.5, 0.6) is 0 Å². The van der Waals surface area contributed by atoms with Gasteiger partial charge >= 0.3 is 0 Å². The van der Waals surface area contributed by atoms with Crippen LogP contribution in [0.4, 0.5) is 8.78 Å². The molecule has 0 bridgehead atoms. The van der Waals surface area contributed by atoms with Crippen LogP contribution in [0, 0.1) is 17.6 Å². The van der Waals surface area contributed by atoms with Gasteiger partial charge in [-0.3, -0.25) is 14.5 Å². The Kier molecular flexibility index (Phi) is 6.28. The second-order valence-corrected chi connectivity index (χ2v) is 8.99. The Morgan fingerprint density at radius 2 is 1.71 bits per heavy atom. The number of likely N-dealkylation sites (tertiary alicyclic amines) is 1. The van der Waals surface area contributed by atoms with Gasteiger partial charge in [0.15, 0.2) is 0 Å². The zero-order chi connectivity index (χ0) is 23.7. The van der Waals surface area contributed by atoms with Crippen LogP contribution in [0.3, 0.4) is 0 Å². The van der Waals surface area contributed by atoms with Gasteiger partial charge in [0.05, 0.1) is 11.3 Å². The molecule has 34 heavy (non-hydrogen) atoms. The second kappa shape index (κ2) is 9.50. The fourth-order valence-corrected chi connectivity index (χ4v) is 4.84. The summed E-state index contributed by atoms with van der Waals surface area (Å²) in [6, 6.07) is 8.91. The molecule has 2 amide bonds. The predicted molar refractivity (Wildman–Crippen MR) is 122 cm³/mol. The Labute approximate surface area is 196 Å². The fourth-order valence-electron chi connectivity index (χ4n) is 4.84. The lowest BCUT2D eigenvalue weighted by Gasteiger charge is -2.38. The molecule has 0 aliphatic carbocycles. The maximum atomic E-state index is 14.0. The summed E-state index contributed by atoms with van der Waals surface area (Å²) in [5, 5.41) is 0. The molecule has 178 valence electrons. The van der Waals surface area contributed by atoms with Crippen LogP contribution >= 0.6 is 0 Å². The first kappa shape index (κ1) is 22.5. The van der Waals surface area contributed by atoms with Crippen molar-refractivity contribution in [3.8, 4) is 0 Å². The van der Waals surface area contributed by atoms with Gasteiger partial charge in [-0.1, -0.05) is 6.07 Å². The van der Waals surface area contributed by atoms with Crippen LogP contribution in [0.25, 0.3) is 5.65 Å². The molecule has 3 aromatic rings. The number of amides is 2. The molecule has 5 rings (SSSR count). The molecule has 0 radical (unpaired) electrons. The molecule has 2 saturated heterocycles. The SMILES string of the molecule is O=C(c1ccc(F)cc1F)N1CCC(C(=O)N2CCN(Cc3cn4ccccc4n3)CC2)CC1. The van der Waals surface area contributed by atoms with Crippen molar-refractivity contribution in [2.75, 3.05) is 39.3 Å². The first-order valence-electron chi connectivity index (χ1n) is 11.7. The molecule has 2 aliphatic heterocycles. The van der Waals surface area contributed by atoms with E-state index in [1.807, 2.05) is 39.9 Å². The Morgan fingerprint density at radius 3 is 2.41 bits per heavy atom. The molecule has 1 aromatic carbocycles.